The van der Waals surface area contributed by atoms with Crippen LogP contribution in [0.15, 0.2) is 97.2 Å². The van der Waals surface area contributed by atoms with Crippen LogP contribution in [0.4, 0.5) is 0 Å². The molecule has 0 bridgehead atoms. The number of phosphoric acid groups is 1. The van der Waals surface area contributed by atoms with E-state index < -0.39 is 26.5 Å². The Labute approximate surface area is 365 Å². The van der Waals surface area contributed by atoms with Crippen LogP contribution >= 0.6 is 7.82 Å². The van der Waals surface area contributed by atoms with E-state index in [1.54, 1.807) is 6.08 Å². The monoisotopic (exact) mass is 858 g/mol. The second kappa shape index (κ2) is 45.5. The van der Waals surface area contributed by atoms with Gasteiger partial charge in [0.1, 0.15) is 12.7 Å². The highest BCUT2D eigenvalue weighted by Crippen LogP contribution is 2.42. The van der Waals surface area contributed by atoms with Crippen LogP contribution < -0.4 is 5.32 Å². The first-order chi connectivity index (χ1) is 29.3. The van der Waals surface area contributed by atoms with Gasteiger partial charge in [0, 0.05) is 19.4 Å². The van der Waals surface area contributed by atoms with Gasteiger partial charge >= 0.3 is 13.8 Å². The summed E-state index contributed by atoms with van der Waals surface area (Å²) in [6.07, 6.45) is 59.4. The van der Waals surface area contributed by atoms with Gasteiger partial charge in [-0.2, -0.15) is 0 Å². The number of unbranched alkanes of at least 4 members (excludes halogenated alkanes) is 14. The Balaban J connectivity index is 3.73. The molecule has 0 saturated carbocycles. The van der Waals surface area contributed by atoms with Gasteiger partial charge in [-0.25, -0.2) is 4.57 Å². The average Bonchev–Trinajstić information content (AvgIpc) is 3.23. The lowest BCUT2D eigenvalue weighted by atomic mass is 10.1. The maximum Gasteiger partial charge on any atom is 0.472 e. The van der Waals surface area contributed by atoms with Crippen molar-refractivity contribution < 1.29 is 37.9 Å². The molecule has 0 aliphatic rings. The highest BCUT2D eigenvalue weighted by Gasteiger charge is 2.23. The van der Waals surface area contributed by atoms with Gasteiger partial charge in [0.15, 0.2) is 0 Å². The Morgan fingerprint density at radius 2 is 0.983 bits per heavy atom. The van der Waals surface area contributed by atoms with Crippen molar-refractivity contribution in [1.82, 2.24) is 5.32 Å². The number of allylic oxidation sites excluding steroid dienone is 15. The van der Waals surface area contributed by atoms with Crippen LogP contribution in [0, 0.1) is 0 Å². The molecular formula is C50H84NO8P. The minimum atomic E-state index is -4.45. The van der Waals surface area contributed by atoms with Gasteiger partial charge in [-0.1, -0.05) is 182 Å². The molecule has 0 rings (SSSR count). The van der Waals surface area contributed by atoms with Crippen molar-refractivity contribution in [3.8, 4) is 0 Å². The van der Waals surface area contributed by atoms with Crippen molar-refractivity contribution in [2.24, 2.45) is 0 Å². The Morgan fingerprint density at radius 3 is 1.47 bits per heavy atom. The van der Waals surface area contributed by atoms with Crippen molar-refractivity contribution >= 4 is 19.7 Å². The minimum Gasteiger partial charge on any atom is -0.463 e. The summed E-state index contributed by atoms with van der Waals surface area (Å²) in [5.41, 5.74) is 0. The van der Waals surface area contributed by atoms with Crippen LogP contribution in [0.2, 0.25) is 0 Å². The summed E-state index contributed by atoms with van der Waals surface area (Å²) in [5.74, 6) is -0.661. The Hall–Kier alpha value is -3.07. The van der Waals surface area contributed by atoms with Crippen LogP contribution in [0.1, 0.15) is 174 Å². The molecule has 60 heavy (non-hydrogen) atoms. The predicted octanol–water partition coefficient (Wildman–Crippen LogP) is 13.4. The quantitative estimate of drug-likeness (QED) is 0.0239. The molecule has 2 atom stereocenters. The van der Waals surface area contributed by atoms with Gasteiger partial charge < -0.3 is 20.1 Å². The summed E-state index contributed by atoms with van der Waals surface area (Å²) in [6, 6.07) is 0. The third-order valence-electron chi connectivity index (χ3n) is 9.28. The highest BCUT2D eigenvalue weighted by molar-refractivity contribution is 7.47. The summed E-state index contributed by atoms with van der Waals surface area (Å²) in [7, 11) is -4.45. The van der Waals surface area contributed by atoms with Crippen molar-refractivity contribution in [1.29, 1.82) is 0 Å². The normalized spacial score (nSPS) is 14.1. The second-order valence-corrected chi connectivity index (χ2v) is 16.5. The number of phosphoric ester groups is 1. The summed E-state index contributed by atoms with van der Waals surface area (Å²) in [4.78, 5) is 33.9. The Morgan fingerprint density at radius 1 is 0.550 bits per heavy atom. The van der Waals surface area contributed by atoms with Crippen LogP contribution in [-0.2, 0) is 27.9 Å². The SMILES string of the molecule is CC/C=C\C/C=C\C/C=C\C/C=C\C/C=C\C/C=C\C/C=C\CC(=O)NCCOP(=O)(O)OCC(O)COC(=O)CCCCCCCCC/C=C\CCCCCCCCC. The van der Waals surface area contributed by atoms with Gasteiger partial charge in [-0.15, -0.1) is 0 Å². The van der Waals surface area contributed by atoms with Gasteiger partial charge in [-0.05, 0) is 77.0 Å². The first kappa shape index (κ1) is 56.9. The topological polar surface area (TPSA) is 131 Å². The number of aliphatic hydroxyl groups excluding tert-OH is 1. The molecule has 0 radical (unpaired) electrons. The Bertz CT molecular complexity index is 1300. The van der Waals surface area contributed by atoms with Gasteiger partial charge in [0.25, 0.3) is 0 Å². The fourth-order valence-corrected chi connectivity index (χ4v) is 6.56. The minimum absolute atomic E-state index is 0.0188. The van der Waals surface area contributed by atoms with E-state index in [4.69, 9.17) is 13.8 Å². The van der Waals surface area contributed by atoms with Gasteiger partial charge in [-0.3, -0.25) is 18.6 Å². The van der Waals surface area contributed by atoms with Crippen molar-refractivity contribution in [2.45, 2.75) is 180 Å². The summed E-state index contributed by atoms with van der Waals surface area (Å²) in [5, 5.41) is 12.6. The van der Waals surface area contributed by atoms with E-state index in [-0.39, 0.29) is 38.5 Å². The molecule has 0 fully saturated rings. The third kappa shape index (κ3) is 46.0. The summed E-state index contributed by atoms with van der Waals surface area (Å²) < 4.78 is 26.9. The number of carbonyl (C=O) groups excluding carboxylic acids is 2. The molecular weight excluding hydrogens is 774 g/mol. The first-order valence-electron chi connectivity index (χ1n) is 23.2. The number of nitrogens with one attached hydrogen (secondary N) is 1. The average molecular weight is 858 g/mol. The molecule has 0 heterocycles. The van der Waals surface area contributed by atoms with Crippen molar-refractivity contribution in [2.75, 3.05) is 26.4 Å². The smallest absolute Gasteiger partial charge is 0.463 e. The number of esters is 1. The zero-order chi connectivity index (χ0) is 43.9. The third-order valence-corrected chi connectivity index (χ3v) is 10.3. The lowest BCUT2D eigenvalue weighted by molar-refractivity contribution is -0.147. The predicted molar refractivity (Wildman–Crippen MR) is 252 cm³/mol. The standard InChI is InChI=1S/C50H84NO8P/c1-3-5-7-9-11-13-15-17-19-21-23-24-25-26-28-30-32-34-36-38-40-42-49(53)51-44-45-58-60(55,56)59-47-48(52)46-57-50(54)43-41-39-37-35-33-31-29-27-22-20-18-16-14-12-10-8-6-4-2/h5,7,11,13,17,19-20,22-24,26,28,32,34,38,40,48,52H,3-4,6,8-10,12,14-16,18,21,25,27,29-31,33,35-37,39,41-47H2,1-2H3,(H,51,53)(H,55,56)/b7-5-,13-11-,19-17-,22-20-,24-23-,28-26-,34-32-,40-38-. The zero-order valence-electron chi connectivity index (χ0n) is 37.6. The maximum atomic E-state index is 12.1. The number of aliphatic hydroxyl groups is 1. The van der Waals surface area contributed by atoms with E-state index in [9.17, 15) is 24.2 Å². The number of ether oxygens (including phenoxy) is 1. The van der Waals surface area contributed by atoms with Crippen molar-refractivity contribution in [3.63, 3.8) is 0 Å². The number of carbonyl (C=O) groups is 2. The highest BCUT2D eigenvalue weighted by atomic mass is 31.2. The summed E-state index contributed by atoms with van der Waals surface area (Å²) in [6.45, 7) is 3.30. The molecule has 3 N–H and O–H groups in total. The fraction of sp³-hybridized carbons (Fsp3) is 0.640. The van der Waals surface area contributed by atoms with E-state index in [1.165, 1.54) is 70.6 Å². The number of hydrogen-bond acceptors (Lipinski definition) is 7. The van der Waals surface area contributed by atoms with E-state index in [2.05, 4.69) is 98.2 Å². The molecule has 0 aromatic rings. The number of hydrogen-bond donors (Lipinski definition) is 3. The van der Waals surface area contributed by atoms with Crippen LogP contribution in [0.25, 0.3) is 0 Å². The first-order valence-corrected chi connectivity index (χ1v) is 24.7. The van der Waals surface area contributed by atoms with Crippen LogP contribution in [-0.4, -0.2) is 54.3 Å². The molecule has 0 aliphatic carbocycles. The van der Waals surface area contributed by atoms with E-state index in [0.29, 0.717) is 0 Å². The molecule has 10 heteroatoms. The van der Waals surface area contributed by atoms with E-state index in [0.717, 1.165) is 77.0 Å². The molecule has 2 unspecified atom stereocenters. The summed E-state index contributed by atoms with van der Waals surface area (Å²) >= 11 is 0. The molecule has 9 nitrogen and oxygen atoms in total. The van der Waals surface area contributed by atoms with E-state index >= 15 is 0 Å². The lowest BCUT2D eigenvalue weighted by Crippen LogP contribution is -2.26. The van der Waals surface area contributed by atoms with E-state index in [1.807, 2.05) is 12.2 Å². The molecule has 0 saturated heterocycles. The largest absolute Gasteiger partial charge is 0.472 e. The number of rotatable bonds is 42. The van der Waals surface area contributed by atoms with Crippen molar-refractivity contribution in [3.05, 3.63) is 97.2 Å². The molecule has 0 aromatic carbocycles. The molecule has 0 aliphatic heterocycles. The van der Waals surface area contributed by atoms with Gasteiger partial charge in [0.05, 0.1) is 13.2 Å². The maximum absolute atomic E-state index is 12.1. The molecule has 0 spiro atoms. The molecule has 342 valence electrons. The van der Waals surface area contributed by atoms with Crippen LogP contribution in [0.3, 0.4) is 0 Å². The lowest BCUT2D eigenvalue weighted by Gasteiger charge is -2.15. The fourth-order valence-electron chi connectivity index (χ4n) is 5.80. The molecule has 0 aromatic heterocycles. The Kier molecular flexibility index (Phi) is 43.1. The molecule has 1 amide bonds. The zero-order valence-corrected chi connectivity index (χ0v) is 38.5. The number of amides is 1. The van der Waals surface area contributed by atoms with Gasteiger partial charge in [0.2, 0.25) is 5.91 Å². The second-order valence-electron chi connectivity index (χ2n) is 15.0. The van der Waals surface area contributed by atoms with Crippen LogP contribution in [0.5, 0.6) is 0 Å².